The highest BCUT2D eigenvalue weighted by Gasteiger charge is 2.34. The maximum atomic E-state index is 12.1. The summed E-state index contributed by atoms with van der Waals surface area (Å²) >= 11 is 0. The van der Waals surface area contributed by atoms with Crippen molar-refractivity contribution in [2.45, 2.75) is 38.8 Å². The van der Waals surface area contributed by atoms with Crippen LogP contribution < -0.4 is 5.32 Å². The van der Waals surface area contributed by atoms with Gasteiger partial charge in [0.1, 0.15) is 12.6 Å². The standard InChI is InChI=1S/C16H22N2O3/c1-2-10-17-15(19)14-9-6-11-18(14)16(20)21-12-13-7-4-3-5-8-13/h3-5,7-8,14H,2,6,9-12H2,1H3,(H,17,19)/t14-/m0/s1. The van der Waals surface area contributed by atoms with Gasteiger partial charge in [0, 0.05) is 13.1 Å². The second-order valence-electron chi connectivity index (χ2n) is 5.18. The first-order chi connectivity index (χ1) is 10.2. The summed E-state index contributed by atoms with van der Waals surface area (Å²) in [4.78, 5) is 25.7. The van der Waals surface area contributed by atoms with Gasteiger partial charge < -0.3 is 10.1 Å². The fourth-order valence-corrected chi connectivity index (χ4v) is 2.43. The van der Waals surface area contributed by atoms with Crippen molar-refractivity contribution in [3.05, 3.63) is 35.9 Å². The highest BCUT2D eigenvalue weighted by atomic mass is 16.6. The van der Waals surface area contributed by atoms with Crippen LogP contribution in [0.5, 0.6) is 0 Å². The quantitative estimate of drug-likeness (QED) is 0.905. The molecule has 2 rings (SSSR count). The summed E-state index contributed by atoms with van der Waals surface area (Å²) < 4.78 is 5.30. The first-order valence-corrected chi connectivity index (χ1v) is 7.47. The van der Waals surface area contributed by atoms with Gasteiger partial charge in [-0.3, -0.25) is 9.69 Å². The van der Waals surface area contributed by atoms with Gasteiger partial charge in [-0.2, -0.15) is 0 Å². The van der Waals surface area contributed by atoms with Crippen molar-refractivity contribution in [3.8, 4) is 0 Å². The van der Waals surface area contributed by atoms with Crippen LogP contribution >= 0.6 is 0 Å². The second-order valence-corrected chi connectivity index (χ2v) is 5.18. The molecule has 0 aliphatic carbocycles. The maximum absolute atomic E-state index is 12.1. The number of ether oxygens (including phenoxy) is 1. The number of nitrogens with one attached hydrogen (secondary N) is 1. The summed E-state index contributed by atoms with van der Waals surface area (Å²) in [5.74, 6) is -0.0778. The van der Waals surface area contributed by atoms with Crippen LogP contribution in [0.1, 0.15) is 31.7 Å². The number of benzene rings is 1. The van der Waals surface area contributed by atoms with Crippen molar-refractivity contribution in [2.75, 3.05) is 13.1 Å². The van der Waals surface area contributed by atoms with E-state index < -0.39 is 6.09 Å². The zero-order valence-corrected chi connectivity index (χ0v) is 12.4. The van der Waals surface area contributed by atoms with Gasteiger partial charge in [0.25, 0.3) is 0 Å². The highest BCUT2D eigenvalue weighted by Crippen LogP contribution is 2.19. The van der Waals surface area contributed by atoms with Crippen molar-refractivity contribution < 1.29 is 14.3 Å². The van der Waals surface area contributed by atoms with Crippen LogP contribution in [-0.2, 0) is 16.1 Å². The number of rotatable bonds is 5. The number of carbonyl (C=O) groups is 2. The molecule has 1 aliphatic heterocycles. The third kappa shape index (κ3) is 4.21. The summed E-state index contributed by atoms with van der Waals surface area (Å²) in [6, 6.07) is 9.14. The average molecular weight is 290 g/mol. The summed E-state index contributed by atoms with van der Waals surface area (Å²) in [5, 5.41) is 2.84. The van der Waals surface area contributed by atoms with Gasteiger partial charge in [-0.1, -0.05) is 37.3 Å². The van der Waals surface area contributed by atoms with Crippen LogP contribution in [0.15, 0.2) is 30.3 Å². The molecule has 0 saturated carbocycles. The van der Waals surface area contributed by atoms with Crippen molar-refractivity contribution in [1.82, 2.24) is 10.2 Å². The lowest BCUT2D eigenvalue weighted by Gasteiger charge is -2.23. The predicted molar refractivity (Wildman–Crippen MR) is 79.7 cm³/mol. The summed E-state index contributed by atoms with van der Waals surface area (Å²) in [5.41, 5.74) is 0.942. The van der Waals surface area contributed by atoms with Gasteiger partial charge in [-0.25, -0.2) is 4.79 Å². The molecule has 0 spiro atoms. The Hall–Kier alpha value is -2.04. The Balaban J connectivity index is 1.87. The van der Waals surface area contributed by atoms with Crippen molar-refractivity contribution in [3.63, 3.8) is 0 Å². The molecule has 114 valence electrons. The van der Waals surface area contributed by atoms with Gasteiger partial charge in [0.2, 0.25) is 5.91 Å². The van der Waals surface area contributed by atoms with Crippen LogP contribution in [0.25, 0.3) is 0 Å². The number of hydrogen-bond acceptors (Lipinski definition) is 3. The van der Waals surface area contributed by atoms with Crippen LogP contribution in [-0.4, -0.2) is 36.0 Å². The second kappa shape index (κ2) is 7.67. The molecule has 0 aromatic heterocycles. The molecule has 0 bridgehead atoms. The van der Waals surface area contributed by atoms with E-state index in [1.807, 2.05) is 37.3 Å². The van der Waals surface area contributed by atoms with E-state index >= 15 is 0 Å². The Labute approximate surface area is 125 Å². The van der Waals surface area contributed by atoms with E-state index in [0.29, 0.717) is 19.5 Å². The number of carbonyl (C=O) groups excluding carboxylic acids is 2. The van der Waals surface area contributed by atoms with E-state index in [1.165, 1.54) is 4.90 Å². The monoisotopic (exact) mass is 290 g/mol. The van der Waals surface area contributed by atoms with Crippen LogP contribution in [0.3, 0.4) is 0 Å². The van der Waals surface area contributed by atoms with Gasteiger partial charge in [-0.05, 0) is 24.8 Å². The molecule has 1 N–H and O–H groups in total. The molecule has 5 nitrogen and oxygen atoms in total. The molecule has 1 atom stereocenters. The molecule has 0 unspecified atom stereocenters. The molecular weight excluding hydrogens is 268 g/mol. The third-order valence-electron chi connectivity index (χ3n) is 3.54. The zero-order chi connectivity index (χ0) is 15.1. The van der Waals surface area contributed by atoms with Crippen molar-refractivity contribution >= 4 is 12.0 Å². The lowest BCUT2D eigenvalue weighted by molar-refractivity contribution is -0.125. The highest BCUT2D eigenvalue weighted by molar-refractivity contribution is 5.86. The SMILES string of the molecule is CCCNC(=O)[C@@H]1CCCN1C(=O)OCc1ccccc1. The zero-order valence-electron chi connectivity index (χ0n) is 12.4. The molecule has 1 aliphatic rings. The number of hydrogen-bond donors (Lipinski definition) is 1. The maximum Gasteiger partial charge on any atom is 0.410 e. The molecule has 5 heteroatoms. The lowest BCUT2D eigenvalue weighted by atomic mass is 10.2. The van der Waals surface area contributed by atoms with E-state index in [0.717, 1.165) is 18.4 Å². The topological polar surface area (TPSA) is 58.6 Å². The fourth-order valence-electron chi connectivity index (χ4n) is 2.43. The molecule has 1 aromatic carbocycles. The average Bonchev–Trinajstić information content (AvgIpc) is 3.01. The van der Waals surface area contributed by atoms with Crippen LogP contribution in [0.2, 0.25) is 0 Å². The Bertz CT molecular complexity index is 476. The largest absolute Gasteiger partial charge is 0.445 e. The van der Waals surface area contributed by atoms with Crippen LogP contribution in [0, 0.1) is 0 Å². The third-order valence-corrected chi connectivity index (χ3v) is 3.54. The predicted octanol–water partition coefficient (Wildman–Crippen LogP) is 2.31. The van der Waals surface area contributed by atoms with E-state index in [1.54, 1.807) is 0 Å². The molecule has 2 amide bonds. The van der Waals surface area contributed by atoms with E-state index in [4.69, 9.17) is 4.74 Å². The summed E-state index contributed by atoms with van der Waals surface area (Å²) in [6.07, 6.45) is 2.02. The summed E-state index contributed by atoms with van der Waals surface area (Å²) in [6.45, 7) is 3.46. The Kier molecular flexibility index (Phi) is 5.60. The van der Waals surface area contributed by atoms with E-state index in [2.05, 4.69) is 5.32 Å². The normalized spacial score (nSPS) is 17.6. The van der Waals surface area contributed by atoms with Gasteiger partial charge in [0.05, 0.1) is 0 Å². The molecular formula is C16H22N2O3. The Morgan fingerprint density at radius 3 is 2.81 bits per heavy atom. The molecule has 21 heavy (non-hydrogen) atoms. The molecule has 1 saturated heterocycles. The fraction of sp³-hybridized carbons (Fsp3) is 0.500. The van der Waals surface area contributed by atoms with E-state index in [9.17, 15) is 9.59 Å². The first-order valence-electron chi connectivity index (χ1n) is 7.47. The molecule has 0 radical (unpaired) electrons. The van der Waals surface area contributed by atoms with Crippen molar-refractivity contribution in [2.24, 2.45) is 0 Å². The summed E-state index contributed by atoms with van der Waals surface area (Å²) in [7, 11) is 0. The lowest BCUT2D eigenvalue weighted by Crippen LogP contribution is -2.46. The van der Waals surface area contributed by atoms with Gasteiger partial charge in [-0.15, -0.1) is 0 Å². The smallest absolute Gasteiger partial charge is 0.410 e. The van der Waals surface area contributed by atoms with Crippen molar-refractivity contribution in [1.29, 1.82) is 0 Å². The van der Waals surface area contributed by atoms with Gasteiger partial charge >= 0.3 is 6.09 Å². The molecule has 1 aromatic rings. The Morgan fingerprint density at radius 1 is 1.33 bits per heavy atom. The van der Waals surface area contributed by atoms with Gasteiger partial charge in [0.15, 0.2) is 0 Å². The molecule has 1 fully saturated rings. The number of likely N-dealkylation sites (tertiary alicyclic amines) is 1. The molecule has 1 heterocycles. The number of nitrogens with zero attached hydrogens (tertiary/aromatic N) is 1. The minimum atomic E-state index is -0.409. The minimum Gasteiger partial charge on any atom is -0.445 e. The Morgan fingerprint density at radius 2 is 2.10 bits per heavy atom. The van der Waals surface area contributed by atoms with Crippen LogP contribution in [0.4, 0.5) is 4.79 Å². The minimum absolute atomic E-state index is 0.0778. The first kappa shape index (κ1) is 15.4. The number of amides is 2. The van der Waals surface area contributed by atoms with E-state index in [-0.39, 0.29) is 18.6 Å².